The number of aryl methyl sites for hydroxylation is 2. The number of ether oxygens (including phenoxy) is 2. The fourth-order valence-electron chi connectivity index (χ4n) is 11.1. The van der Waals surface area contributed by atoms with Crippen LogP contribution in [0, 0.1) is 0 Å². The van der Waals surface area contributed by atoms with Crippen LogP contribution in [0.15, 0.2) is 117 Å². The molecule has 16 heteroatoms. The molecule has 438 valence electrons. The Hall–Kier alpha value is -8.66. The number of hydrogen-bond donors (Lipinski definition) is 4. The molecule has 7 heterocycles. The van der Waals surface area contributed by atoms with Gasteiger partial charge < -0.3 is 19.4 Å². The molecule has 7 aromatic rings. The van der Waals surface area contributed by atoms with E-state index in [1.165, 1.54) is 124 Å². The number of esters is 2. The molecule has 2 aliphatic heterocycles. The molecule has 16 nitrogen and oxygen atoms in total. The first kappa shape index (κ1) is 59.9. The molecule has 2 aromatic carbocycles. The number of H-pyrrole nitrogens is 4. The lowest BCUT2D eigenvalue weighted by atomic mass is 10.0. The SMILES string of the molecule is CCCCCCCCCCCc1c2nc(c(CCCCCCCCCCC)c3ccc([nH]3)c(-c3ccc(C(=O)OCCn4ccc(=O)[nH]c4=O)cc3)c3nc(c(-c4ccc(C(=O)OCCn5ccc(=O)[nH]c5=O)cc4)c4ccc1[nH]4)C=C3)C=C2. The van der Waals surface area contributed by atoms with E-state index in [2.05, 4.69) is 70.2 Å². The fourth-order valence-corrected chi connectivity index (χ4v) is 11.1. The van der Waals surface area contributed by atoms with E-state index < -0.39 is 34.4 Å². The molecular weight excluding hydrogens is 1060 g/mol. The summed E-state index contributed by atoms with van der Waals surface area (Å²) in [7, 11) is 0. The van der Waals surface area contributed by atoms with Gasteiger partial charge in [-0.05, 0) is 110 Å². The van der Waals surface area contributed by atoms with E-state index in [-0.39, 0.29) is 26.3 Å². The zero-order valence-electron chi connectivity index (χ0n) is 48.6. The van der Waals surface area contributed by atoms with E-state index in [0.29, 0.717) is 22.5 Å². The van der Waals surface area contributed by atoms with Crippen molar-refractivity contribution in [3.8, 4) is 22.3 Å². The number of nitrogens with zero attached hydrogens (tertiary/aromatic N) is 4. The van der Waals surface area contributed by atoms with Gasteiger partial charge >= 0.3 is 23.3 Å². The monoisotopic (exact) mass is 1130 g/mol. The normalized spacial score (nSPS) is 11.8. The topological polar surface area (TPSA) is 220 Å². The molecular formula is C68H78N8O8. The molecule has 0 spiro atoms. The molecule has 0 saturated heterocycles. The number of aromatic amines is 4. The van der Waals surface area contributed by atoms with Crippen LogP contribution in [0.4, 0.5) is 0 Å². The fraction of sp³-hybridized carbons (Fsp3) is 0.382. The number of hydrogen-bond acceptors (Lipinski definition) is 10. The third-order valence-corrected chi connectivity index (χ3v) is 15.8. The molecule has 0 unspecified atom stereocenters. The molecule has 0 aliphatic carbocycles. The highest BCUT2D eigenvalue weighted by atomic mass is 16.5. The zero-order valence-corrected chi connectivity index (χ0v) is 48.6. The Morgan fingerprint density at radius 3 is 1.13 bits per heavy atom. The number of fused-ring (bicyclic) bond motifs is 8. The Balaban J connectivity index is 1.11. The van der Waals surface area contributed by atoms with Crippen molar-refractivity contribution in [2.24, 2.45) is 0 Å². The minimum atomic E-state index is -0.585. The number of nitrogens with one attached hydrogen (secondary N) is 4. The van der Waals surface area contributed by atoms with Crippen molar-refractivity contribution >= 4 is 58.3 Å². The molecule has 8 bridgehead atoms. The number of unbranched alkanes of at least 4 members (excludes halogenated alkanes) is 16. The van der Waals surface area contributed by atoms with E-state index >= 15 is 0 Å². The van der Waals surface area contributed by atoms with Crippen LogP contribution in [-0.4, -0.2) is 64.2 Å². The van der Waals surface area contributed by atoms with E-state index in [1.807, 2.05) is 36.4 Å². The Labute approximate surface area is 489 Å². The predicted octanol–water partition coefficient (Wildman–Crippen LogP) is 13.6. The standard InChI is InChI=1S/C68H78N8O8/c1-3-5-7-9-11-13-15-17-19-21-51-53-31-32-54(69-53)52(22-20-18-16-14-12-10-8-6-4-2)56-34-36-58(71-56)64(48-25-29-50(30-26-48)66(80)84-46-44-76-42-40-62(78)74-68(76)82)60-38-37-59(72-60)63(57-35-33-55(51)70-57)47-23-27-49(28-24-47)65(79)83-45-43-75-41-39-61(77)73-67(75)81/h23-42,70-71H,3-22,43-46H2,1-2H3,(H,73,77,81)(H,74,78,82). The largest absolute Gasteiger partial charge is 0.460 e. The first-order valence-electron chi connectivity index (χ1n) is 30.4. The van der Waals surface area contributed by atoms with Gasteiger partial charge in [-0.1, -0.05) is 141 Å². The summed E-state index contributed by atoms with van der Waals surface area (Å²) < 4.78 is 13.7. The first-order valence-corrected chi connectivity index (χ1v) is 30.4. The van der Waals surface area contributed by atoms with Crippen LogP contribution in [0.2, 0.25) is 0 Å². The third kappa shape index (κ3) is 15.9. The number of aromatic nitrogens is 8. The van der Waals surface area contributed by atoms with E-state index in [9.17, 15) is 28.8 Å². The van der Waals surface area contributed by atoms with Gasteiger partial charge in [-0.25, -0.2) is 29.1 Å². The second-order valence-electron chi connectivity index (χ2n) is 21.9. The zero-order chi connectivity index (χ0) is 58.6. The van der Waals surface area contributed by atoms with Gasteiger partial charge in [0.2, 0.25) is 0 Å². The summed E-state index contributed by atoms with van der Waals surface area (Å²) in [5.41, 5.74) is 10.9. The first-order chi connectivity index (χ1) is 41.1. The Morgan fingerprint density at radius 2 is 0.750 bits per heavy atom. The summed E-state index contributed by atoms with van der Waals surface area (Å²) in [4.78, 5) is 97.5. The lowest BCUT2D eigenvalue weighted by molar-refractivity contribution is 0.0480. The lowest BCUT2D eigenvalue weighted by Gasteiger charge is -2.09. The average Bonchev–Trinajstić information content (AvgIpc) is 3.16. The maximum absolute atomic E-state index is 13.4. The van der Waals surface area contributed by atoms with E-state index in [4.69, 9.17) is 19.4 Å². The van der Waals surface area contributed by atoms with E-state index in [0.717, 1.165) is 105 Å². The molecule has 2 aliphatic rings. The van der Waals surface area contributed by atoms with Gasteiger partial charge in [0.25, 0.3) is 11.1 Å². The average molecular weight is 1140 g/mol. The predicted molar refractivity (Wildman–Crippen MR) is 335 cm³/mol. The van der Waals surface area contributed by atoms with Crippen LogP contribution >= 0.6 is 0 Å². The van der Waals surface area contributed by atoms with Gasteiger partial charge in [0, 0.05) is 68.8 Å². The lowest BCUT2D eigenvalue weighted by Crippen LogP contribution is -2.30. The molecule has 0 fully saturated rings. The van der Waals surface area contributed by atoms with Gasteiger partial charge in [-0.15, -0.1) is 0 Å². The van der Waals surface area contributed by atoms with Crippen molar-refractivity contribution in [2.75, 3.05) is 13.2 Å². The second-order valence-corrected chi connectivity index (χ2v) is 21.9. The third-order valence-electron chi connectivity index (χ3n) is 15.8. The summed E-state index contributed by atoms with van der Waals surface area (Å²) in [6.07, 6.45) is 34.9. The molecule has 9 rings (SSSR count). The van der Waals surface area contributed by atoms with Crippen molar-refractivity contribution in [3.63, 3.8) is 0 Å². The molecule has 0 atom stereocenters. The van der Waals surface area contributed by atoms with Crippen molar-refractivity contribution in [1.29, 1.82) is 0 Å². The van der Waals surface area contributed by atoms with Crippen molar-refractivity contribution in [1.82, 2.24) is 39.0 Å². The molecule has 0 amide bonds. The van der Waals surface area contributed by atoms with Crippen LogP contribution in [0.25, 0.3) is 68.6 Å². The minimum Gasteiger partial charge on any atom is -0.460 e. The van der Waals surface area contributed by atoms with Crippen LogP contribution < -0.4 is 22.5 Å². The molecule has 0 radical (unpaired) electrons. The summed E-state index contributed by atoms with van der Waals surface area (Å²) in [6.45, 7) is 4.49. The van der Waals surface area contributed by atoms with Crippen LogP contribution in [0.1, 0.15) is 184 Å². The maximum Gasteiger partial charge on any atom is 0.338 e. The highest BCUT2D eigenvalue weighted by molar-refractivity contribution is 5.97. The summed E-state index contributed by atoms with van der Waals surface area (Å²) in [5.74, 6) is -1.12. The van der Waals surface area contributed by atoms with Gasteiger partial charge in [-0.3, -0.25) is 28.7 Å². The van der Waals surface area contributed by atoms with Gasteiger partial charge in [0.1, 0.15) is 13.2 Å². The van der Waals surface area contributed by atoms with Crippen molar-refractivity contribution in [3.05, 3.63) is 184 Å². The molecule has 0 saturated carbocycles. The summed E-state index contributed by atoms with van der Waals surface area (Å²) >= 11 is 0. The second kappa shape index (κ2) is 30.1. The number of carbonyl (C=O) groups is 2. The highest BCUT2D eigenvalue weighted by Crippen LogP contribution is 2.36. The highest BCUT2D eigenvalue weighted by Gasteiger charge is 2.20. The quantitative estimate of drug-likeness (QED) is 0.0246. The smallest absolute Gasteiger partial charge is 0.338 e. The Morgan fingerprint density at radius 1 is 0.405 bits per heavy atom. The van der Waals surface area contributed by atoms with Gasteiger partial charge in [0.15, 0.2) is 0 Å². The molecule has 4 N–H and O–H groups in total. The van der Waals surface area contributed by atoms with Crippen molar-refractivity contribution < 1.29 is 19.1 Å². The van der Waals surface area contributed by atoms with Gasteiger partial charge in [-0.2, -0.15) is 0 Å². The number of rotatable bonds is 30. The van der Waals surface area contributed by atoms with E-state index in [1.54, 1.807) is 24.3 Å². The van der Waals surface area contributed by atoms with Crippen LogP contribution in [0.5, 0.6) is 0 Å². The number of carbonyl (C=O) groups excluding carboxylic acids is 2. The van der Waals surface area contributed by atoms with Crippen LogP contribution in [-0.2, 0) is 35.4 Å². The summed E-state index contributed by atoms with van der Waals surface area (Å²) in [5, 5.41) is 0. The van der Waals surface area contributed by atoms with Crippen LogP contribution in [0.3, 0.4) is 0 Å². The maximum atomic E-state index is 13.4. The van der Waals surface area contributed by atoms with Crippen molar-refractivity contribution in [2.45, 2.75) is 155 Å². The Bertz CT molecular complexity index is 3630. The van der Waals surface area contributed by atoms with Gasteiger partial charge in [0.05, 0.1) is 47.0 Å². The molecule has 84 heavy (non-hydrogen) atoms. The summed E-state index contributed by atoms with van der Waals surface area (Å²) in [6, 6.07) is 25.4. The Kier molecular flexibility index (Phi) is 21.5. The number of benzene rings is 2. The molecule has 5 aromatic heterocycles. The minimum absolute atomic E-state index is 0.0699.